The summed E-state index contributed by atoms with van der Waals surface area (Å²) in [6.45, 7) is -1.66. The number of nitrogens with one attached hydrogen (secondary N) is 2. The van der Waals surface area contributed by atoms with Gasteiger partial charge in [-0.1, -0.05) is 11.6 Å². The number of hydrogen-bond acceptors (Lipinski definition) is 3. The summed E-state index contributed by atoms with van der Waals surface area (Å²) in [5.74, 6) is 0. The summed E-state index contributed by atoms with van der Waals surface area (Å²) in [7, 11) is -4.32. The molecule has 0 aliphatic heterocycles. The molecule has 1 rings (SSSR count). The zero-order valence-electron chi connectivity index (χ0n) is 8.75. The molecule has 0 atom stereocenters. The predicted molar refractivity (Wildman–Crippen MR) is 62.5 cm³/mol. The van der Waals surface area contributed by atoms with Crippen LogP contribution in [-0.4, -0.2) is 21.1 Å². The molecule has 0 saturated carbocycles. The van der Waals surface area contributed by atoms with Gasteiger partial charge in [0.15, 0.2) is 0 Å². The van der Waals surface area contributed by atoms with Gasteiger partial charge in [-0.15, -0.1) is 0 Å². The van der Waals surface area contributed by atoms with Gasteiger partial charge < -0.3 is 5.73 Å². The van der Waals surface area contributed by atoms with Gasteiger partial charge in [0.25, 0.3) is 10.2 Å². The molecule has 0 saturated heterocycles. The molecule has 0 aliphatic carbocycles. The van der Waals surface area contributed by atoms with Crippen molar-refractivity contribution in [3.05, 3.63) is 23.2 Å². The van der Waals surface area contributed by atoms with Crippen molar-refractivity contribution in [1.29, 1.82) is 0 Å². The highest BCUT2D eigenvalue weighted by Crippen LogP contribution is 2.23. The molecule has 102 valence electrons. The van der Waals surface area contributed by atoms with Crippen LogP contribution < -0.4 is 15.2 Å². The van der Waals surface area contributed by atoms with E-state index in [-0.39, 0.29) is 16.4 Å². The summed E-state index contributed by atoms with van der Waals surface area (Å²) in [5.41, 5.74) is 5.62. The Kier molecular flexibility index (Phi) is 4.30. The van der Waals surface area contributed by atoms with E-state index >= 15 is 0 Å². The maximum absolute atomic E-state index is 11.8. The van der Waals surface area contributed by atoms with Gasteiger partial charge in [0.1, 0.15) is 6.54 Å². The van der Waals surface area contributed by atoms with Crippen LogP contribution in [0.25, 0.3) is 0 Å². The second kappa shape index (κ2) is 5.21. The first kappa shape index (κ1) is 14.9. The fraction of sp³-hybridized carbons (Fsp3) is 0.250. The average molecular weight is 304 g/mol. The molecule has 18 heavy (non-hydrogen) atoms. The Morgan fingerprint density at radius 2 is 1.94 bits per heavy atom. The maximum Gasteiger partial charge on any atom is 0.402 e. The van der Waals surface area contributed by atoms with E-state index < -0.39 is 22.9 Å². The third kappa shape index (κ3) is 4.98. The first-order chi connectivity index (χ1) is 8.09. The molecule has 0 spiro atoms. The first-order valence-electron chi connectivity index (χ1n) is 4.48. The molecule has 5 nitrogen and oxygen atoms in total. The van der Waals surface area contributed by atoms with Crippen molar-refractivity contribution in [1.82, 2.24) is 4.72 Å². The second-order valence-electron chi connectivity index (χ2n) is 3.28. The van der Waals surface area contributed by atoms with Crippen LogP contribution in [0.15, 0.2) is 18.2 Å². The number of nitrogen functional groups attached to an aromatic ring is 1. The van der Waals surface area contributed by atoms with Gasteiger partial charge in [0, 0.05) is 0 Å². The fourth-order valence-electron chi connectivity index (χ4n) is 0.959. The quantitative estimate of drug-likeness (QED) is 0.741. The molecule has 4 N–H and O–H groups in total. The van der Waals surface area contributed by atoms with Crippen molar-refractivity contribution in [2.24, 2.45) is 0 Å². The lowest BCUT2D eigenvalue weighted by Crippen LogP contribution is -2.37. The van der Waals surface area contributed by atoms with Gasteiger partial charge in [-0.25, -0.2) is 0 Å². The number of halogens is 4. The molecule has 0 bridgehead atoms. The predicted octanol–water partition coefficient (Wildman–Crippen LogP) is 1.73. The standard InChI is InChI=1S/C8H9ClF3N3O2S/c9-6-3-5(1-2-7(6)13)15-18(16,17)14-4-8(10,11)12/h1-3,14-15H,4,13H2. The van der Waals surface area contributed by atoms with E-state index in [1.165, 1.54) is 22.9 Å². The molecule has 0 fully saturated rings. The normalized spacial score (nSPS) is 12.4. The van der Waals surface area contributed by atoms with Crippen molar-refractivity contribution in [2.75, 3.05) is 17.0 Å². The zero-order chi connectivity index (χ0) is 14.0. The van der Waals surface area contributed by atoms with Gasteiger partial charge >= 0.3 is 6.18 Å². The van der Waals surface area contributed by atoms with E-state index in [0.29, 0.717) is 0 Å². The van der Waals surface area contributed by atoms with E-state index in [9.17, 15) is 21.6 Å². The van der Waals surface area contributed by atoms with Crippen LogP contribution in [0.1, 0.15) is 0 Å². The number of rotatable bonds is 4. The number of nitrogens with two attached hydrogens (primary N) is 1. The summed E-state index contributed by atoms with van der Waals surface area (Å²) < 4.78 is 61.3. The number of hydrogen-bond donors (Lipinski definition) is 3. The highest BCUT2D eigenvalue weighted by Gasteiger charge is 2.29. The molecule has 10 heteroatoms. The lowest BCUT2D eigenvalue weighted by molar-refractivity contribution is -0.121. The monoisotopic (exact) mass is 303 g/mol. The summed E-state index contributed by atoms with van der Waals surface area (Å²) in [6, 6.07) is 3.78. The van der Waals surface area contributed by atoms with Crippen LogP contribution in [0, 0.1) is 0 Å². The van der Waals surface area contributed by atoms with Crippen molar-refractivity contribution in [2.45, 2.75) is 6.18 Å². The van der Waals surface area contributed by atoms with Gasteiger partial charge in [-0.3, -0.25) is 4.72 Å². The van der Waals surface area contributed by atoms with Crippen molar-refractivity contribution >= 4 is 33.2 Å². The minimum absolute atomic E-state index is 0.00359. The van der Waals surface area contributed by atoms with E-state index in [2.05, 4.69) is 0 Å². The SMILES string of the molecule is Nc1ccc(NS(=O)(=O)NCC(F)(F)F)cc1Cl. The topological polar surface area (TPSA) is 84.2 Å². The highest BCUT2D eigenvalue weighted by atomic mass is 35.5. The van der Waals surface area contributed by atoms with Gasteiger partial charge in [0.2, 0.25) is 0 Å². The minimum atomic E-state index is -4.63. The Hall–Kier alpha value is -1.19. The smallest absolute Gasteiger partial charge is 0.398 e. The summed E-state index contributed by atoms with van der Waals surface area (Å²) >= 11 is 5.63. The Morgan fingerprint density at radius 1 is 1.33 bits per heavy atom. The van der Waals surface area contributed by atoms with Gasteiger partial charge in [0.05, 0.1) is 16.4 Å². The molecule has 0 heterocycles. The first-order valence-corrected chi connectivity index (χ1v) is 6.34. The van der Waals surface area contributed by atoms with E-state index in [0.717, 1.165) is 0 Å². The molecule has 0 radical (unpaired) electrons. The van der Waals surface area contributed by atoms with Crippen molar-refractivity contribution in [3.8, 4) is 0 Å². The molecule has 0 aliphatic rings. The summed E-state index contributed by atoms with van der Waals surface area (Å²) in [4.78, 5) is 0. The average Bonchev–Trinajstić information content (AvgIpc) is 2.20. The van der Waals surface area contributed by atoms with Crippen LogP contribution in [0.2, 0.25) is 5.02 Å². The lowest BCUT2D eigenvalue weighted by atomic mass is 10.3. The van der Waals surface area contributed by atoms with E-state index in [4.69, 9.17) is 17.3 Å². The molecule has 1 aromatic rings. The van der Waals surface area contributed by atoms with Crippen molar-refractivity contribution < 1.29 is 21.6 Å². The number of anilines is 2. The Balaban J connectivity index is 2.74. The van der Waals surface area contributed by atoms with Gasteiger partial charge in [-0.05, 0) is 18.2 Å². The Bertz CT molecular complexity index is 533. The summed E-state index contributed by atoms with van der Waals surface area (Å²) in [6.07, 6.45) is -4.63. The molecular weight excluding hydrogens is 295 g/mol. The number of alkyl halides is 3. The fourth-order valence-corrected chi connectivity index (χ4v) is 2.00. The minimum Gasteiger partial charge on any atom is -0.398 e. The molecule has 0 amide bonds. The highest BCUT2D eigenvalue weighted by molar-refractivity contribution is 7.90. The number of benzene rings is 1. The maximum atomic E-state index is 11.8. The van der Waals surface area contributed by atoms with Crippen LogP contribution in [0.4, 0.5) is 24.5 Å². The third-order valence-electron chi connectivity index (χ3n) is 1.72. The molecule has 0 aromatic heterocycles. The Morgan fingerprint density at radius 3 is 2.44 bits per heavy atom. The lowest BCUT2D eigenvalue weighted by Gasteiger charge is -2.11. The van der Waals surface area contributed by atoms with Crippen LogP contribution >= 0.6 is 11.6 Å². The van der Waals surface area contributed by atoms with Crippen LogP contribution in [0.3, 0.4) is 0 Å². The Labute approximate surface area is 106 Å². The molecular formula is C8H9ClF3N3O2S. The van der Waals surface area contributed by atoms with Crippen LogP contribution in [0.5, 0.6) is 0 Å². The third-order valence-corrected chi connectivity index (χ3v) is 3.07. The van der Waals surface area contributed by atoms with E-state index in [1.54, 1.807) is 0 Å². The molecule has 0 unspecified atom stereocenters. The van der Waals surface area contributed by atoms with Crippen molar-refractivity contribution in [3.63, 3.8) is 0 Å². The largest absolute Gasteiger partial charge is 0.402 e. The second-order valence-corrected chi connectivity index (χ2v) is 5.18. The zero-order valence-corrected chi connectivity index (χ0v) is 10.3. The molecule has 1 aromatic carbocycles. The summed E-state index contributed by atoms with van der Waals surface area (Å²) in [5, 5.41) is 0.0889. The van der Waals surface area contributed by atoms with Crippen LogP contribution in [-0.2, 0) is 10.2 Å². The van der Waals surface area contributed by atoms with Gasteiger partial charge in [-0.2, -0.15) is 26.3 Å². The van der Waals surface area contributed by atoms with E-state index in [1.807, 2.05) is 4.72 Å².